The molecule has 2 atom stereocenters. The molecule has 0 saturated carbocycles. The third-order valence-electron chi connectivity index (χ3n) is 3.82. The predicted molar refractivity (Wildman–Crippen MR) is 94.8 cm³/mol. The summed E-state index contributed by atoms with van der Waals surface area (Å²) in [6.07, 6.45) is -1.25. The molecule has 134 valence electrons. The first-order valence-corrected chi connectivity index (χ1v) is 8.30. The van der Waals surface area contributed by atoms with Crippen LogP contribution in [0, 0.1) is 6.92 Å². The van der Waals surface area contributed by atoms with Crippen LogP contribution in [0.1, 0.15) is 29.7 Å². The van der Waals surface area contributed by atoms with Gasteiger partial charge in [0.1, 0.15) is 18.5 Å². The predicted octanol–water partition coefficient (Wildman–Crippen LogP) is 3.14. The number of rotatable bonds is 9. The molecule has 25 heavy (non-hydrogen) atoms. The minimum Gasteiger partial charge on any atom is -0.491 e. The molecular formula is C20H24O5. The Balaban J connectivity index is 1.90. The third kappa shape index (κ3) is 5.89. The maximum atomic E-state index is 11.1. The van der Waals surface area contributed by atoms with Crippen molar-refractivity contribution in [2.75, 3.05) is 13.2 Å². The van der Waals surface area contributed by atoms with Crippen LogP contribution in [0.4, 0.5) is 0 Å². The average Bonchev–Trinajstić information content (AvgIpc) is 2.60. The highest BCUT2D eigenvalue weighted by atomic mass is 16.5. The molecule has 0 aliphatic carbocycles. The number of carbonyl (C=O) groups is 1. The van der Waals surface area contributed by atoms with Crippen LogP contribution >= 0.6 is 0 Å². The summed E-state index contributed by atoms with van der Waals surface area (Å²) in [6, 6.07) is 14.8. The SMILES string of the molecule is CCO[C@@H](Cc1ccc(OC[C@H](O)c2cccc(C)c2)cc1)C(=O)O. The van der Waals surface area contributed by atoms with E-state index in [1.54, 1.807) is 19.1 Å². The second-order valence-corrected chi connectivity index (χ2v) is 5.87. The molecule has 2 N–H and O–H groups in total. The molecule has 2 rings (SSSR count). The van der Waals surface area contributed by atoms with Gasteiger partial charge < -0.3 is 19.7 Å². The molecule has 0 saturated heterocycles. The third-order valence-corrected chi connectivity index (χ3v) is 3.82. The lowest BCUT2D eigenvalue weighted by molar-refractivity contribution is -0.149. The van der Waals surface area contributed by atoms with Crippen LogP contribution in [0.15, 0.2) is 48.5 Å². The van der Waals surface area contributed by atoms with E-state index in [-0.39, 0.29) is 6.61 Å². The summed E-state index contributed by atoms with van der Waals surface area (Å²) in [5.41, 5.74) is 2.76. The van der Waals surface area contributed by atoms with E-state index < -0.39 is 18.2 Å². The number of hydrogen-bond acceptors (Lipinski definition) is 4. The Labute approximate surface area is 147 Å². The summed E-state index contributed by atoms with van der Waals surface area (Å²) in [5, 5.41) is 19.3. The standard InChI is InChI=1S/C20H24O5/c1-3-24-19(20(22)23)12-15-7-9-17(10-8-15)25-13-18(21)16-6-4-5-14(2)11-16/h4-11,18-19,21H,3,12-13H2,1-2H3,(H,22,23)/t18-,19-/m0/s1. The first-order valence-electron chi connectivity index (χ1n) is 8.30. The normalized spacial score (nSPS) is 13.2. The molecule has 0 aromatic heterocycles. The Morgan fingerprint density at radius 2 is 1.88 bits per heavy atom. The number of hydrogen-bond donors (Lipinski definition) is 2. The number of benzene rings is 2. The van der Waals surface area contributed by atoms with Crippen LogP contribution in [0.5, 0.6) is 5.75 Å². The maximum Gasteiger partial charge on any atom is 0.333 e. The van der Waals surface area contributed by atoms with E-state index >= 15 is 0 Å². The second-order valence-electron chi connectivity index (χ2n) is 5.87. The largest absolute Gasteiger partial charge is 0.491 e. The molecule has 5 nitrogen and oxygen atoms in total. The number of aryl methyl sites for hydroxylation is 1. The molecule has 0 bridgehead atoms. The lowest BCUT2D eigenvalue weighted by Crippen LogP contribution is -2.26. The van der Waals surface area contributed by atoms with Gasteiger partial charge in [0.15, 0.2) is 6.10 Å². The molecular weight excluding hydrogens is 320 g/mol. The van der Waals surface area contributed by atoms with E-state index in [2.05, 4.69) is 0 Å². The Morgan fingerprint density at radius 1 is 1.16 bits per heavy atom. The zero-order valence-electron chi connectivity index (χ0n) is 14.5. The van der Waals surface area contributed by atoms with Gasteiger partial charge in [-0.2, -0.15) is 0 Å². The molecule has 0 fully saturated rings. The number of ether oxygens (including phenoxy) is 2. The van der Waals surface area contributed by atoms with Crippen molar-refractivity contribution < 1.29 is 24.5 Å². The van der Waals surface area contributed by atoms with Crippen LogP contribution in [0.25, 0.3) is 0 Å². The van der Waals surface area contributed by atoms with E-state index in [1.807, 2.05) is 43.3 Å². The van der Waals surface area contributed by atoms with Crippen LogP contribution < -0.4 is 4.74 Å². The number of aliphatic hydroxyl groups is 1. The molecule has 0 amide bonds. The smallest absolute Gasteiger partial charge is 0.333 e. The fourth-order valence-electron chi connectivity index (χ4n) is 2.50. The quantitative estimate of drug-likeness (QED) is 0.731. The van der Waals surface area contributed by atoms with Gasteiger partial charge in [-0.3, -0.25) is 0 Å². The molecule has 0 heterocycles. The van der Waals surface area contributed by atoms with Gasteiger partial charge in [-0.1, -0.05) is 42.0 Å². The minimum absolute atomic E-state index is 0.152. The zero-order chi connectivity index (χ0) is 18.2. The van der Waals surface area contributed by atoms with E-state index in [1.165, 1.54) is 0 Å². The molecule has 2 aromatic rings. The maximum absolute atomic E-state index is 11.1. The summed E-state index contributed by atoms with van der Waals surface area (Å²) in [7, 11) is 0. The van der Waals surface area contributed by atoms with Crippen molar-refractivity contribution in [1.82, 2.24) is 0 Å². The van der Waals surface area contributed by atoms with Gasteiger partial charge in [-0.25, -0.2) is 4.79 Å². The second kappa shape index (κ2) is 9.20. The van der Waals surface area contributed by atoms with Gasteiger partial charge in [-0.05, 0) is 37.1 Å². The Kier molecular flexibility index (Phi) is 6.98. The fraction of sp³-hybridized carbons (Fsp3) is 0.350. The van der Waals surface area contributed by atoms with Crippen LogP contribution in [-0.2, 0) is 16.0 Å². The number of carboxylic acid groups (broad SMARTS) is 1. The summed E-state index contributed by atoms with van der Waals surface area (Å²) < 4.78 is 10.8. The molecule has 0 unspecified atom stereocenters. The number of carboxylic acids is 1. The van der Waals surface area contributed by atoms with Crippen molar-refractivity contribution in [2.45, 2.75) is 32.5 Å². The average molecular weight is 344 g/mol. The monoisotopic (exact) mass is 344 g/mol. The first kappa shape index (κ1) is 19.0. The van der Waals surface area contributed by atoms with Gasteiger partial charge in [-0.15, -0.1) is 0 Å². The summed E-state index contributed by atoms with van der Waals surface area (Å²) >= 11 is 0. The van der Waals surface area contributed by atoms with Crippen molar-refractivity contribution in [3.05, 3.63) is 65.2 Å². The van der Waals surface area contributed by atoms with Crippen molar-refractivity contribution >= 4 is 5.97 Å². The lowest BCUT2D eigenvalue weighted by atomic mass is 10.1. The molecule has 0 aliphatic heterocycles. The van der Waals surface area contributed by atoms with Gasteiger partial charge in [0.25, 0.3) is 0 Å². The van der Waals surface area contributed by atoms with E-state index in [0.717, 1.165) is 16.7 Å². The Hall–Kier alpha value is -2.37. The highest BCUT2D eigenvalue weighted by molar-refractivity contribution is 5.72. The summed E-state index contributed by atoms with van der Waals surface area (Å²) in [4.78, 5) is 11.1. The number of aliphatic hydroxyl groups excluding tert-OH is 1. The van der Waals surface area contributed by atoms with Crippen LogP contribution in [0.3, 0.4) is 0 Å². The molecule has 2 aromatic carbocycles. The lowest BCUT2D eigenvalue weighted by Gasteiger charge is -2.14. The Bertz CT molecular complexity index is 681. The van der Waals surface area contributed by atoms with Gasteiger partial charge in [0.2, 0.25) is 0 Å². The van der Waals surface area contributed by atoms with E-state index in [4.69, 9.17) is 14.6 Å². The molecule has 0 aliphatic rings. The topological polar surface area (TPSA) is 76.0 Å². The van der Waals surface area contributed by atoms with Gasteiger partial charge in [0, 0.05) is 13.0 Å². The fourth-order valence-corrected chi connectivity index (χ4v) is 2.50. The highest BCUT2D eigenvalue weighted by Gasteiger charge is 2.17. The molecule has 0 spiro atoms. The van der Waals surface area contributed by atoms with Crippen LogP contribution in [0.2, 0.25) is 0 Å². The Morgan fingerprint density at radius 3 is 2.48 bits per heavy atom. The molecule has 5 heteroatoms. The van der Waals surface area contributed by atoms with Gasteiger partial charge in [0.05, 0.1) is 0 Å². The number of aliphatic carboxylic acids is 1. The zero-order valence-corrected chi connectivity index (χ0v) is 14.5. The summed E-state index contributed by atoms with van der Waals surface area (Å²) in [5.74, 6) is -0.345. The van der Waals surface area contributed by atoms with Crippen molar-refractivity contribution in [1.29, 1.82) is 0 Å². The molecule has 0 radical (unpaired) electrons. The van der Waals surface area contributed by atoms with Crippen molar-refractivity contribution in [3.8, 4) is 5.75 Å². The minimum atomic E-state index is -0.969. The highest BCUT2D eigenvalue weighted by Crippen LogP contribution is 2.19. The van der Waals surface area contributed by atoms with Crippen molar-refractivity contribution in [3.63, 3.8) is 0 Å². The van der Waals surface area contributed by atoms with Gasteiger partial charge >= 0.3 is 5.97 Å². The van der Waals surface area contributed by atoms with Crippen LogP contribution in [-0.4, -0.2) is 35.5 Å². The first-order chi connectivity index (χ1) is 12.0. The van der Waals surface area contributed by atoms with Crippen molar-refractivity contribution in [2.24, 2.45) is 0 Å². The van der Waals surface area contributed by atoms with E-state index in [0.29, 0.717) is 18.8 Å². The van der Waals surface area contributed by atoms with E-state index in [9.17, 15) is 9.90 Å². The summed E-state index contributed by atoms with van der Waals surface area (Å²) in [6.45, 7) is 4.25.